The molecule has 1 atom stereocenters. The van der Waals surface area contributed by atoms with Gasteiger partial charge in [0.2, 0.25) is 0 Å². The third kappa shape index (κ3) is 4.55. The van der Waals surface area contributed by atoms with Crippen molar-refractivity contribution in [3.05, 3.63) is 50.7 Å². The molecule has 2 aliphatic heterocycles. The number of halogens is 1. The standard InChI is InChI=1S/C27H32ClN2O4S/c1-30(17-23(31)29-12-14-34-15-13-29)21-16-22(27(32)33-2)35-26(21)24(18-6-4-3-5-7-18)25(30)19-8-10-20(28)11-9-19/h8-11,16,18H,3-7,12-15,17H2,1-2H3/q+1. The van der Waals surface area contributed by atoms with E-state index >= 15 is 0 Å². The zero-order chi connectivity index (χ0) is 24.6. The van der Waals surface area contributed by atoms with Crippen LogP contribution in [0.4, 0.5) is 5.69 Å². The molecular formula is C27H32ClN2O4S+. The molecule has 1 unspecified atom stereocenters. The van der Waals surface area contributed by atoms with Gasteiger partial charge in [-0.15, -0.1) is 11.3 Å². The van der Waals surface area contributed by atoms with Crippen LogP contribution < -0.4 is 4.48 Å². The summed E-state index contributed by atoms with van der Waals surface area (Å²) < 4.78 is 10.9. The molecule has 1 saturated heterocycles. The number of amides is 1. The van der Waals surface area contributed by atoms with Gasteiger partial charge in [-0.3, -0.25) is 9.28 Å². The summed E-state index contributed by atoms with van der Waals surface area (Å²) in [6, 6.07) is 9.91. The van der Waals surface area contributed by atoms with Gasteiger partial charge in [0.15, 0.2) is 17.9 Å². The first-order chi connectivity index (χ1) is 16.9. The second-order valence-corrected chi connectivity index (χ2v) is 11.3. The number of carbonyl (C=O) groups is 2. The van der Waals surface area contributed by atoms with E-state index in [0.29, 0.717) is 53.1 Å². The van der Waals surface area contributed by atoms with Gasteiger partial charge in [0.1, 0.15) is 4.88 Å². The minimum Gasteiger partial charge on any atom is -0.465 e. The molecule has 0 spiro atoms. The highest BCUT2D eigenvalue weighted by molar-refractivity contribution is 7.15. The highest BCUT2D eigenvalue weighted by Gasteiger charge is 2.49. The average molecular weight is 516 g/mol. The van der Waals surface area contributed by atoms with Gasteiger partial charge in [-0.1, -0.05) is 30.9 Å². The molecule has 35 heavy (non-hydrogen) atoms. The van der Waals surface area contributed by atoms with Crippen LogP contribution in [-0.4, -0.2) is 63.8 Å². The number of fused-ring (bicyclic) bond motifs is 1. The number of carbonyl (C=O) groups excluding carboxylic acids is 2. The summed E-state index contributed by atoms with van der Waals surface area (Å²) in [7, 11) is 3.53. The molecule has 0 N–H and O–H groups in total. The molecule has 5 rings (SSSR count). The Labute approximate surface area is 215 Å². The highest BCUT2D eigenvalue weighted by Crippen LogP contribution is 2.56. The molecule has 186 valence electrons. The number of methoxy groups -OCH3 is 1. The molecule has 0 radical (unpaired) electrons. The molecule has 1 aliphatic carbocycles. The van der Waals surface area contributed by atoms with Gasteiger partial charge in [0, 0.05) is 35.3 Å². The molecule has 1 aromatic heterocycles. The van der Waals surface area contributed by atoms with Gasteiger partial charge in [0.25, 0.3) is 5.91 Å². The minimum absolute atomic E-state index is 0.101. The first-order valence-corrected chi connectivity index (χ1v) is 13.6. The van der Waals surface area contributed by atoms with Crippen LogP contribution in [0.2, 0.25) is 5.02 Å². The van der Waals surface area contributed by atoms with E-state index in [9.17, 15) is 9.59 Å². The van der Waals surface area contributed by atoms with E-state index in [1.165, 1.54) is 43.3 Å². The summed E-state index contributed by atoms with van der Waals surface area (Å²) in [4.78, 5) is 29.7. The summed E-state index contributed by atoms with van der Waals surface area (Å²) in [5, 5.41) is 0.688. The van der Waals surface area contributed by atoms with Gasteiger partial charge in [0.05, 0.1) is 32.2 Å². The molecule has 2 aromatic rings. The number of hydrogen-bond donors (Lipinski definition) is 0. The molecule has 1 saturated carbocycles. The fourth-order valence-corrected chi connectivity index (χ4v) is 7.22. The summed E-state index contributed by atoms with van der Waals surface area (Å²) >= 11 is 7.76. The van der Waals surface area contributed by atoms with Gasteiger partial charge >= 0.3 is 5.97 Å². The molecule has 3 heterocycles. The number of benzene rings is 1. The van der Waals surface area contributed by atoms with Crippen LogP contribution in [0, 0.1) is 5.92 Å². The summed E-state index contributed by atoms with van der Waals surface area (Å²) in [6.07, 6.45) is 5.89. The summed E-state index contributed by atoms with van der Waals surface area (Å²) in [5.74, 6) is 0.172. The largest absolute Gasteiger partial charge is 0.465 e. The van der Waals surface area contributed by atoms with Crippen molar-refractivity contribution in [2.75, 3.05) is 47.0 Å². The van der Waals surface area contributed by atoms with Gasteiger partial charge in [-0.25, -0.2) is 4.79 Å². The molecule has 1 amide bonds. The molecule has 1 aromatic carbocycles. The number of esters is 1. The van der Waals surface area contributed by atoms with Crippen molar-refractivity contribution in [1.82, 2.24) is 9.38 Å². The van der Waals surface area contributed by atoms with Crippen molar-refractivity contribution in [2.45, 2.75) is 32.1 Å². The summed E-state index contributed by atoms with van der Waals surface area (Å²) in [6.45, 7) is 2.65. The minimum atomic E-state index is -0.327. The smallest absolute Gasteiger partial charge is 0.348 e. The lowest BCUT2D eigenvalue weighted by Crippen LogP contribution is -2.52. The number of morpholine rings is 1. The van der Waals surface area contributed by atoms with Crippen molar-refractivity contribution < 1.29 is 19.1 Å². The lowest BCUT2D eigenvalue weighted by atomic mass is 9.82. The topological polar surface area (TPSA) is 55.8 Å². The zero-order valence-corrected chi connectivity index (χ0v) is 21.9. The van der Waals surface area contributed by atoms with Crippen molar-refractivity contribution in [3.8, 4) is 0 Å². The average Bonchev–Trinajstić information content (AvgIpc) is 3.42. The Morgan fingerprint density at radius 3 is 2.49 bits per heavy atom. The van der Waals surface area contributed by atoms with E-state index in [0.717, 1.165) is 34.7 Å². The predicted octanol–water partition coefficient (Wildman–Crippen LogP) is 5.45. The van der Waals surface area contributed by atoms with Crippen LogP contribution in [-0.2, 0) is 14.3 Å². The van der Waals surface area contributed by atoms with Crippen LogP contribution in [0.5, 0.6) is 0 Å². The van der Waals surface area contributed by atoms with Gasteiger partial charge in [-0.05, 0) is 43.0 Å². The van der Waals surface area contributed by atoms with E-state index in [2.05, 4.69) is 19.2 Å². The number of likely N-dealkylation sites (N-methyl/N-ethyl adjacent to an activating group) is 1. The number of rotatable bonds is 5. The lowest BCUT2D eigenvalue weighted by molar-refractivity contribution is -0.135. The molecule has 8 heteroatoms. The molecule has 2 fully saturated rings. The van der Waals surface area contributed by atoms with E-state index in [1.54, 1.807) is 0 Å². The second kappa shape index (κ2) is 10.1. The normalized spacial score (nSPS) is 22.9. The maximum absolute atomic E-state index is 13.6. The fraction of sp³-hybridized carbons (Fsp3) is 0.481. The number of thiophene rings is 1. The number of hydrogen-bond acceptors (Lipinski definition) is 5. The highest BCUT2D eigenvalue weighted by atomic mass is 35.5. The number of allylic oxidation sites excluding steroid dienone is 1. The Bertz CT molecular complexity index is 1150. The van der Waals surface area contributed by atoms with E-state index < -0.39 is 0 Å². The number of ether oxygens (including phenoxy) is 2. The van der Waals surface area contributed by atoms with Crippen LogP contribution in [0.1, 0.15) is 52.2 Å². The van der Waals surface area contributed by atoms with Crippen molar-refractivity contribution in [2.24, 2.45) is 5.92 Å². The Balaban J connectivity index is 1.67. The van der Waals surface area contributed by atoms with Crippen LogP contribution >= 0.6 is 22.9 Å². The van der Waals surface area contributed by atoms with Crippen LogP contribution in [0.15, 0.2) is 30.3 Å². The first-order valence-electron chi connectivity index (χ1n) is 12.4. The number of quaternary nitrogens is 1. The maximum atomic E-state index is 13.6. The molecule has 3 aliphatic rings. The third-order valence-corrected chi connectivity index (χ3v) is 8.96. The zero-order valence-electron chi connectivity index (χ0n) is 20.3. The van der Waals surface area contributed by atoms with Gasteiger partial charge < -0.3 is 14.4 Å². The maximum Gasteiger partial charge on any atom is 0.348 e. The fourth-order valence-electron chi connectivity index (χ4n) is 5.80. The van der Waals surface area contributed by atoms with E-state index in [-0.39, 0.29) is 11.9 Å². The Morgan fingerprint density at radius 2 is 1.83 bits per heavy atom. The number of nitrogens with zero attached hydrogens (tertiary/aromatic N) is 2. The Kier molecular flexibility index (Phi) is 7.04. The monoisotopic (exact) mass is 515 g/mol. The predicted molar refractivity (Wildman–Crippen MR) is 140 cm³/mol. The SMILES string of the molecule is COC(=O)c1cc2c(s1)C(C1CCCCC1)=C(c1ccc(Cl)cc1)[N+]2(C)CC(=O)N1CCOCC1. The third-order valence-electron chi connectivity index (χ3n) is 7.57. The second-order valence-electron chi connectivity index (χ2n) is 9.76. The van der Waals surface area contributed by atoms with Crippen LogP contribution in [0.3, 0.4) is 0 Å². The summed E-state index contributed by atoms with van der Waals surface area (Å²) in [5.41, 5.74) is 4.55. The van der Waals surface area contributed by atoms with Crippen molar-refractivity contribution >= 4 is 51.8 Å². The van der Waals surface area contributed by atoms with Gasteiger partial charge in [-0.2, -0.15) is 0 Å². The Morgan fingerprint density at radius 1 is 1.14 bits per heavy atom. The van der Waals surface area contributed by atoms with Crippen molar-refractivity contribution in [3.63, 3.8) is 0 Å². The van der Waals surface area contributed by atoms with E-state index in [4.69, 9.17) is 21.1 Å². The molecule has 0 bridgehead atoms. The quantitative estimate of drug-likeness (QED) is 0.392. The first kappa shape index (κ1) is 24.5. The molecule has 6 nitrogen and oxygen atoms in total. The van der Waals surface area contributed by atoms with E-state index in [1.807, 2.05) is 23.1 Å². The van der Waals surface area contributed by atoms with Crippen molar-refractivity contribution in [1.29, 1.82) is 0 Å². The molecular weight excluding hydrogens is 484 g/mol. The Hall–Kier alpha value is -2.19. The lowest BCUT2D eigenvalue weighted by Gasteiger charge is -2.35. The van der Waals surface area contributed by atoms with Crippen LogP contribution in [0.25, 0.3) is 11.3 Å².